The first kappa shape index (κ1) is 24.7. The fraction of sp³-hybridized carbons (Fsp3) is 0.267. The highest BCUT2D eigenvalue weighted by molar-refractivity contribution is 9.10. The zero-order valence-corrected chi connectivity index (χ0v) is 23.0. The van der Waals surface area contributed by atoms with Gasteiger partial charge in [-0.25, -0.2) is 4.99 Å². The van der Waals surface area contributed by atoms with E-state index in [0.29, 0.717) is 11.3 Å². The number of hydrogen-bond acceptors (Lipinski definition) is 4. The third-order valence-electron chi connectivity index (χ3n) is 6.71. The Hall–Kier alpha value is -2.96. The summed E-state index contributed by atoms with van der Waals surface area (Å²) < 4.78 is 7.06. The average molecular weight is 562 g/mol. The Kier molecular flexibility index (Phi) is 7.54. The Balaban J connectivity index is 1.46. The van der Waals surface area contributed by atoms with E-state index in [0.717, 1.165) is 57.7 Å². The second-order valence-corrected chi connectivity index (χ2v) is 11.3. The van der Waals surface area contributed by atoms with Crippen molar-refractivity contribution in [1.29, 1.82) is 0 Å². The number of hydrogen-bond donors (Lipinski definition) is 1. The second kappa shape index (κ2) is 11.0. The lowest BCUT2D eigenvalue weighted by atomic mass is 9.96. The number of furan rings is 1. The fourth-order valence-electron chi connectivity index (χ4n) is 4.56. The van der Waals surface area contributed by atoms with E-state index in [9.17, 15) is 4.79 Å². The number of amides is 1. The predicted octanol–water partition coefficient (Wildman–Crippen LogP) is 9.05. The summed E-state index contributed by atoms with van der Waals surface area (Å²) in [4.78, 5) is 19.7. The molecule has 36 heavy (non-hydrogen) atoms. The van der Waals surface area contributed by atoms with Crippen LogP contribution in [0.1, 0.15) is 63.4 Å². The van der Waals surface area contributed by atoms with E-state index in [1.165, 1.54) is 28.8 Å². The van der Waals surface area contributed by atoms with Crippen LogP contribution in [0.4, 0.5) is 10.7 Å². The van der Waals surface area contributed by atoms with Crippen molar-refractivity contribution in [1.82, 2.24) is 0 Å². The summed E-state index contributed by atoms with van der Waals surface area (Å²) in [6.07, 6.45) is 8.37. The van der Waals surface area contributed by atoms with Gasteiger partial charge in [0.1, 0.15) is 16.5 Å². The molecule has 1 N–H and O–H groups in total. The third kappa shape index (κ3) is 5.55. The summed E-state index contributed by atoms with van der Waals surface area (Å²) in [6.45, 7) is 4.14. The molecule has 2 aromatic carbocycles. The van der Waals surface area contributed by atoms with Crippen LogP contribution in [0.3, 0.4) is 0 Å². The van der Waals surface area contributed by atoms with E-state index in [2.05, 4.69) is 35.1 Å². The molecule has 0 bridgehead atoms. The summed E-state index contributed by atoms with van der Waals surface area (Å²) >= 11 is 5.12. The molecule has 2 heterocycles. The lowest BCUT2D eigenvalue weighted by molar-refractivity contribution is 0.102. The highest BCUT2D eigenvalue weighted by Gasteiger charge is 2.24. The Labute approximate surface area is 224 Å². The highest BCUT2D eigenvalue weighted by atomic mass is 79.9. The maximum Gasteiger partial charge on any atom is 0.259 e. The number of fused-ring (bicyclic) bond motifs is 1. The van der Waals surface area contributed by atoms with Crippen molar-refractivity contribution in [2.45, 2.75) is 52.4 Å². The maximum atomic E-state index is 13.6. The van der Waals surface area contributed by atoms with Crippen LogP contribution in [0, 0.1) is 13.8 Å². The van der Waals surface area contributed by atoms with Gasteiger partial charge in [0.2, 0.25) is 0 Å². The molecule has 0 radical (unpaired) electrons. The summed E-state index contributed by atoms with van der Waals surface area (Å²) in [5, 5.41) is 3.89. The number of halogens is 1. The van der Waals surface area contributed by atoms with Gasteiger partial charge in [0.25, 0.3) is 5.91 Å². The molecule has 0 spiro atoms. The largest absolute Gasteiger partial charge is 0.455 e. The topological polar surface area (TPSA) is 54.6 Å². The lowest BCUT2D eigenvalue weighted by Crippen LogP contribution is -2.14. The molecule has 0 fully saturated rings. The Morgan fingerprint density at radius 1 is 0.972 bits per heavy atom. The lowest BCUT2D eigenvalue weighted by Gasteiger charge is -2.12. The number of aliphatic imine (C=N–C) groups is 1. The van der Waals surface area contributed by atoms with Gasteiger partial charge >= 0.3 is 0 Å². The van der Waals surface area contributed by atoms with Crippen LogP contribution in [0.15, 0.2) is 68.5 Å². The molecule has 0 aliphatic heterocycles. The maximum absolute atomic E-state index is 13.6. The minimum Gasteiger partial charge on any atom is -0.455 e. The SMILES string of the molecule is Cc1ccc(NC(=O)c2c(N=Cc3ccc(-c4ccc(Br)cc4)o3)sc3c2CCCCCC3)cc1C. The molecule has 5 rings (SSSR count). The van der Waals surface area contributed by atoms with E-state index in [1.807, 2.05) is 54.6 Å². The number of nitrogens with one attached hydrogen (secondary N) is 1. The van der Waals surface area contributed by atoms with Crippen molar-refractivity contribution in [2.75, 3.05) is 5.32 Å². The van der Waals surface area contributed by atoms with Crippen LogP contribution >= 0.6 is 27.3 Å². The van der Waals surface area contributed by atoms with Gasteiger partial charge in [0.15, 0.2) is 0 Å². The molecular formula is C30H29BrN2O2S. The molecule has 1 aliphatic rings. The molecule has 0 saturated heterocycles. The van der Waals surface area contributed by atoms with E-state index < -0.39 is 0 Å². The number of aryl methyl sites for hydroxylation is 3. The summed E-state index contributed by atoms with van der Waals surface area (Å²) in [5.74, 6) is 1.36. The number of anilines is 1. The first-order chi connectivity index (χ1) is 17.5. The standard InChI is InChI=1S/C30H29BrN2O2S/c1-19-9-14-23(17-20(19)2)33-29(34)28-25-7-5-3-4-6-8-27(25)36-30(28)32-18-24-15-16-26(35-24)21-10-12-22(31)13-11-21/h9-18H,3-8H2,1-2H3,(H,33,34). The van der Waals surface area contributed by atoms with Gasteiger partial charge in [-0.1, -0.05) is 47.0 Å². The van der Waals surface area contributed by atoms with Gasteiger partial charge in [-0.05, 0) is 92.6 Å². The quantitative estimate of drug-likeness (QED) is 0.247. The van der Waals surface area contributed by atoms with Crippen molar-refractivity contribution in [3.05, 3.63) is 92.0 Å². The van der Waals surface area contributed by atoms with Crippen molar-refractivity contribution in [2.24, 2.45) is 4.99 Å². The Morgan fingerprint density at radius 3 is 2.53 bits per heavy atom. The van der Waals surface area contributed by atoms with Crippen LogP contribution < -0.4 is 5.32 Å². The Morgan fingerprint density at radius 2 is 1.75 bits per heavy atom. The van der Waals surface area contributed by atoms with Crippen molar-refractivity contribution >= 4 is 50.1 Å². The van der Waals surface area contributed by atoms with Gasteiger partial charge in [-0.15, -0.1) is 11.3 Å². The number of thiophene rings is 1. The van der Waals surface area contributed by atoms with Gasteiger partial charge in [0.05, 0.1) is 11.8 Å². The van der Waals surface area contributed by atoms with Gasteiger partial charge < -0.3 is 9.73 Å². The minimum atomic E-state index is -0.0847. The molecule has 1 amide bonds. The third-order valence-corrected chi connectivity index (χ3v) is 8.44. The monoisotopic (exact) mass is 560 g/mol. The molecule has 6 heteroatoms. The second-order valence-electron chi connectivity index (χ2n) is 9.32. The van der Waals surface area contributed by atoms with Crippen LogP contribution in [0.25, 0.3) is 11.3 Å². The van der Waals surface area contributed by atoms with Crippen molar-refractivity contribution < 1.29 is 9.21 Å². The first-order valence-electron chi connectivity index (χ1n) is 12.4. The molecular weight excluding hydrogens is 532 g/mol. The molecule has 0 saturated carbocycles. The van der Waals surface area contributed by atoms with E-state index in [-0.39, 0.29) is 5.91 Å². The molecule has 4 aromatic rings. The molecule has 0 unspecified atom stereocenters. The fourth-order valence-corrected chi connectivity index (χ4v) is 6.05. The van der Waals surface area contributed by atoms with E-state index >= 15 is 0 Å². The van der Waals surface area contributed by atoms with E-state index in [4.69, 9.17) is 9.41 Å². The molecule has 2 aromatic heterocycles. The van der Waals surface area contributed by atoms with Gasteiger partial charge in [0, 0.05) is 20.6 Å². The van der Waals surface area contributed by atoms with Gasteiger partial charge in [-0.2, -0.15) is 0 Å². The normalized spacial score (nSPS) is 13.9. The van der Waals surface area contributed by atoms with Crippen LogP contribution in [-0.2, 0) is 12.8 Å². The minimum absolute atomic E-state index is 0.0847. The highest BCUT2D eigenvalue weighted by Crippen LogP contribution is 2.39. The summed E-state index contributed by atoms with van der Waals surface area (Å²) in [5.41, 5.74) is 6.07. The average Bonchev–Trinajstić information content (AvgIpc) is 3.45. The van der Waals surface area contributed by atoms with Crippen molar-refractivity contribution in [3.8, 4) is 11.3 Å². The molecule has 0 atom stereocenters. The summed E-state index contributed by atoms with van der Waals surface area (Å²) in [6, 6.07) is 17.9. The van der Waals surface area contributed by atoms with Crippen LogP contribution in [0.2, 0.25) is 0 Å². The number of carbonyl (C=O) groups is 1. The van der Waals surface area contributed by atoms with E-state index in [1.54, 1.807) is 17.6 Å². The van der Waals surface area contributed by atoms with Crippen LogP contribution in [0.5, 0.6) is 0 Å². The first-order valence-corrected chi connectivity index (χ1v) is 14.0. The smallest absolute Gasteiger partial charge is 0.259 e. The van der Waals surface area contributed by atoms with Crippen molar-refractivity contribution in [3.63, 3.8) is 0 Å². The zero-order valence-electron chi connectivity index (χ0n) is 20.6. The molecule has 1 aliphatic carbocycles. The van der Waals surface area contributed by atoms with Crippen LogP contribution in [-0.4, -0.2) is 12.1 Å². The van der Waals surface area contributed by atoms with Gasteiger partial charge in [-0.3, -0.25) is 4.79 Å². The Bertz CT molecular complexity index is 1420. The predicted molar refractivity (Wildman–Crippen MR) is 153 cm³/mol. The molecule has 4 nitrogen and oxygen atoms in total. The molecule has 184 valence electrons. The number of benzene rings is 2. The summed E-state index contributed by atoms with van der Waals surface area (Å²) in [7, 11) is 0. The number of carbonyl (C=O) groups excluding carboxylic acids is 1. The number of nitrogens with zero attached hydrogens (tertiary/aromatic N) is 1. The number of rotatable bonds is 5. The zero-order chi connectivity index (χ0) is 25.1.